The fourth-order valence-corrected chi connectivity index (χ4v) is 6.41. The highest BCUT2D eigenvalue weighted by atomic mass is 19.4. The molecular formula is C53H65F3N18O6. The van der Waals surface area contributed by atoms with E-state index in [1.807, 2.05) is 116 Å². The summed E-state index contributed by atoms with van der Waals surface area (Å²) in [6.07, 6.45) is 9.56. The van der Waals surface area contributed by atoms with Gasteiger partial charge in [-0.25, -0.2) is 43.7 Å². The summed E-state index contributed by atoms with van der Waals surface area (Å²) in [7, 11) is 3.44. The molecule has 11 N–H and O–H groups in total. The van der Waals surface area contributed by atoms with Gasteiger partial charge in [0.15, 0.2) is 5.82 Å². The number of hydrogen-bond acceptors (Lipinski definition) is 10. The van der Waals surface area contributed by atoms with E-state index >= 15 is 0 Å². The summed E-state index contributed by atoms with van der Waals surface area (Å²) in [4.78, 5) is 108. The number of nitrogens with zero attached hydrogens (tertiary/aromatic N) is 7. The maximum absolute atomic E-state index is 11.7. The molecular weight excluding hydrogens is 1040 g/mol. The number of aromatic nitrogens is 18. The van der Waals surface area contributed by atoms with E-state index in [9.17, 15) is 41.9 Å². The van der Waals surface area contributed by atoms with Crippen molar-refractivity contribution in [2.75, 3.05) is 0 Å². The summed E-state index contributed by atoms with van der Waals surface area (Å²) in [5.74, 6) is 0.523. The number of pyridine rings is 2. The number of nitrogens with one attached hydrogen (secondary N) is 11. The minimum atomic E-state index is -4.35. The molecule has 11 rings (SSSR count). The number of benzene rings is 1. The van der Waals surface area contributed by atoms with Crippen molar-refractivity contribution in [2.24, 2.45) is 14.1 Å². The number of H-pyrrole nitrogens is 11. The van der Waals surface area contributed by atoms with E-state index in [-0.39, 0.29) is 34.1 Å². The van der Waals surface area contributed by atoms with Crippen LogP contribution in [0, 0.1) is 62.3 Å². The van der Waals surface area contributed by atoms with Crippen molar-refractivity contribution in [1.82, 2.24) is 88.5 Å². The molecule has 0 unspecified atom stereocenters. The minimum Gasteiger partial charge on any atom is -0.341 e. The van der Waals surface area contributed by atoms with Crippen LogP contribution in [0.15, 0.2) is 145 Å². The van der Waals surface area contributed by atoms with Crippen molar-refractivity contribution in [3.05, 3.63) is 248 Å². The van der Waals surface area contributed by atoms with Crippen molar-refractivity contribution >= 4 is 0 Å². The minimum absolute atomic E-state index is 0.0532. The number of rotatable bonds is 4. The molecule has 0 bridgehead atoms. The summed E-state index contributed by atoms with van der Waals surface area (Å²) in [5, 5.41) is 0. The Morgan fingerprint density at radius 1 is 0.487 bits per heavy atom. The van der Waals surface area contributed by atoms with Crippen LogP contribution in [0.5, 0.6) is 0 Å². The van der Waals surface area contributed by atoms with Gasteiger partial charge in [-0.15, -0.1) is 0 Å². The maximum Gasteiger partial charge on any atom is 0.449 e. The molecule has 0 saturated carbocycles. The number of halogens is 3. The summed E-state index contributed by atoms with van der Waals surface area (Å²) in [6, 6.07) is 21.3. The molecule has 10 heterocycles. The molecule has 80 heavy (non-hydrogen) atoms. The molecule has 0 aliphatic carbocycles. The molecule has 27 heteroatoms. The Hall–Kier alpha value is -10.2. The molecule has 24 nitrogen and oxygen atoms in total. The predicted molar refractivity (Wildman–Crippen MR) is 298 cm³/mol. The van der Waals surface area contributed by atoms with Gasteiger partial charge in [0.25, 0.3) is 0 Å². The van der Waals surface area contributed by atoms with Gasteiger partial charge in [0.2, 0.25) is 5.82 Å². The number of aryl methyl sites for hydroxylation is 10. The Labute approximate surface area is 454 Å². The SMILES string of the molecule is Cc1[nH]c(=O)[nH]c1C.Cc1[nH]c(=O)[nH]c1Cc1ccccc1.Cc1c[nH]c(=O)[nH]1.Cc1c[nH]c(=O)n1C.Cc1cn(-c2ccccn2)c(=O)[nH]1.Cc1cn(C)c(=O)[nH]1.Cc1cnc(-c2ccccn2)[nH]1.Cc1cnc(C(F)(F)F)[nH]1. The Bertz CT molecular complexity index is 3900. The number of hydrogen-bond donors (Lipinski definition) is 11. The average Bonchev–Trinajstić information content (AvgIpc) is 4.34. The zero-order valence-corrected chi connectivity index (χ0v) is 45.9. The topological polar surface area (TPSA) is 342 Å². The average molecular weight is 1110 g/mol. The molecule has 0 aliphatic rings. The zero-order valence-electron chi connectivity index (χ0n) is 45.9. The van der Waals surface area contributed by atoms with Crippen molar-refractivity contribution in [3.8, 4) is 17.3 Å². The molecule has 0 atom stereocenters. The third-order valence-corrected chi connectivity index (χ3v) is 10.7. The molecule has 0 fully saturated rings. The fraction of sp³-hybridized carbons (Fsp3) is 0.245. The Morgan fingerprint density at radius 2 is 1.06 bits per heavy atom. The van der Waals surface area contributed by atoms with Crippen LogP contribution in [-0.4, -0.2) is 88.5 Å². The second kappa shape index (κ2) is 29.9. The highest BCUT2D eigenvalue weighted by molar-refractivity contribution is 5.48. The van der Waals surface area contributed by atoms with Gasteiger partial charge in [0, 0.05) is 127 Å². The van der Waals surface area contributed by atoms with Crippen LogP contribution in [0.25, 0.3) is 17.3 Å². The van der Waals surface area contributed by atoms with Gasteiger partial charge in [-0.2, -0.15) is 13.2 Å². The van der Waals surface area contributed by atoms with Gasteiger partial charge >= 0.3 is 40.3 Å². The molecule has 1 aromatic carbocycles. The second-order valence-electron chi connectivity index (χ2n) is 17.6. The van der Waals surface area contributed by atoms with E-state index in [4.69, 9.17) is 0 Å². The predicted octanol–water partition coefficient (Wildman–Crippen LogP) is 6.36. The van der Waals surface area contributed by atoms with Gasteiger partial charge < -0.3 is 59.4 Å². The molecule has 10 aromatic heterocycles. The lowest BCUT2D eigenvalue weighted by Gasteiger charge is -1.99. The Morgan fingerprint density at radius 3 is 1.40 bits per heavy atom. The lowest BCUT2D eigenvalue weighted by Crippen LogP contribution is -2.14. The standard InChI is InChI=1S/C11H12N2O.C9H9N3O.C9H9N3.C5H5F3N2.3C5H8N2O.C4H6N2O/c1-8-10(13-11(14)12-8)7-9-5-3-2-4-6-9;1-7-6-12(9(13)11-7)8-4-2-3-5-10-8;1-7-6-11-9(12-7)8-4-2-3-5-10-8;1-3-2-9-4(10-3)5(6,7)8;1-4-3-7(2)5(8)6-4;1-4-3-6-5(8)7(4)2;1-3-4(2)7-5(8)6-3;1-3-2-5-4(7)6-3/h2-6H,7H2,1H3,(H2,12,13,14);2-6H,1H3,(H,11,13);2-6H,1H3,(H,11,12);2H,1H3,(H,9,10);2*3H,1-2H3,(H,6,8);1-2H3,(H2,6,7,8);2H,1H3,(H2,5,6,7). The summed E-state index contributed by atoms with van der Waals surface area (Å²) >= 11 is 0. The van der Waals surface area contributed by atoms with E-state index in [1.54, 1.807) is 68.1 Å². The molecule has 0 amide bonds. The normalized spacial score (nSPS) is 10.2. The van der Waals surface area contributed by atoms with Crippen LogP contribution in [0.4, 0.5) is 13.2 Å². The van der Waals surface area contributed by atoms with Gasteiger partial charge in [-0.05, 0) is 92.1 Å². The third-order valence-electron chi connectivity index (χ3n) is 10.7. The van der Waals surface area contributed by atoms with Crippen LogP contribution >= 0.6 is 0 Å². The first-order valence-corrected chi connectivity index (χ1v) is 24.3. The van der Waals surface area contributed by atoms with Crippen molar-refractivity contribution in [2.45, 2.75) is 74.9 Å². The van der Waals surface area contributed by atoms with E-state index < -0.39 is 12.0 Å². The summed E-state index contributed by atoms with van der Waals surface area (Å²) in [6.45, 7) is 16.5. The highest BCUT2D eigenvalue weighted by Gasteiger charge is 2.33. The first kappa shape index (κ1) is 62.3. The van der Waals surface area contributed by atoms with Crippen molar-refractivity contribution in [3.63, 3.8) is 0 Å². The number of imidazole rings is 8. The van der Waals surface area contributed by atoms with E-state index in [2.05, 4.69) is 74.8 Å². The van der Waals surface area contributed by atoms with Gasteiger partial charge in [0.05, 0.1) is 0 Å². The van der Waals surface area contributed by atoms with Crippen LogP contribution in [0.2, 0.25) is 0 Å². The van der Waals surface area contributed by atoms with Crippen LogP contribution < -0.4 is 34.1 Å². The second-order valence-corrected chi connectivity index (χ2v) is 17.6. The van der Waals surface area contributed by atoms with Crippen LogP contribution in [-0.2, 0) is 26.7 Å². The molecule has 11 aromatic rings. The lowest BCUT2D eigenvalue weighted by molar-refractivity contribution is -0.144. The zero-order chi connectivity index (χ0) is 59.1. The van der Waals surface area contributed by atoms with Gasteiger partial charge in [-0.3, -0.25) is 14.1 Å². The molecule has 0 spiro atoms. The monoisotopic (exact) mass is 1110 g/mol. The van der Waals surface area contributed by atoms with E-state index in [1.165, 1.54) is 21.6 Å². The van der Waals surface area contributed by atoms with Crippen molar-refractivity contribution < 1.29 is 13.2 Å². The van der Waals surface area contributed by atoms with Crippen molar-refractivity contribution in [1.29, 1.82) is 0 Å². The van der Waals surface area contributed by atoms with Crippen LogP contribution in [0.1, 0.15) is 68.3 Å². The first-order valence-electron chi connectivity index (χ1n) is 24.3. The van der Waals surface area contributed by atoms with Crippen LogP contribution in [0.3, 0.4) is 0 Å². The lowest BCUT2D eigenvalue weighted by atomic mass is 10.1. The molecule has 0 radical (unpaired) electrons. The fourth-order valence-electron chi connectivity index (χ4n) is 6.41. The van der Waals surface area contributed by atoms with E-state index in [0.717, 1.165) is 75.4 Å². The molecule has 0 saturated heterocycles. The highest BCUT2D eigenvalue weighted by Crippen LogP contribution is 2.25. The molecule has 0 aliphatic heterocycles. The van der Waals surface area contributed by atoms with Gasteiger partial charge in [-0.1, -0.05) is 42.5 Å². The quantitative estimate of drug-likeness (QED) is 0.0926. The first-order chi connectivity index (χ1) is 37.8. The summed E-state index contributed by atoms with van der Waals surface area (Å²) in [5.41, 5.74) is 10.1. The Balaban J connectivity index is 0.000000199. The third kappa shape index (κ3) is 21.1. The summed E-state index contributed by atoms with van der Waals surface area (Å²) < 4.78 is 39.7. The number of aromatic amines is 11. The van der Waals surface area contributed by atoms with E-state index in [0.29, 0.717) is 11.5 Å². The number of alkyl halides is 3. The largest absolute Gasteiger partial charge is 0.449 e. The smallest absolute Gasteiger partial charge is 0.341 e. The Kier molecular flexibility index (Phi) is 23.3. The molecule has 424 valence electrons. The maximum atomic E-state index is 11.7. The van der Waals surface area contributed by atoms with Gasteiger partial charge in [0.1, 0.15) is 11.5 Å².